The van der Waals surface area contributed by atoms with Crippen LogP contribution in [0.3, 0.4) is 0 Å². The van der Waals surface area contributed by atoms with Crippen LogP contribution in [0.5, 0.6) is 0 Å². The molecule has 0 aliphatic heterocycles. The van der Waals surface area contributed by atoms with Gasteiger partial charge in [-0.3, -0.25) is 4.79 Å². The second-order valence-electron chi connectivity index (χ2n) is 3.59. The van der Waals surface area contributed by atoms with Crippen LogP contribution in [0.4, 0.5) is 14.5 Å². The fraction of sp³-hybridized carbons (Fsp3) is 0. The summed E-state index contributed by atoms with van der Waals surface area (Å²) in [6.07, 6.45) is 0. The molecule has 0 heterocycles. The van der Waals surface area contributed by atoms with E-state index in [1.807, 2.05) is 0 Å². The third-order valence-corrected chi connectivity index (χ3v) is 2.94. The SMILES string of the molecule is O=C(Nc1ccc(F)cc1Br)c1ccc(F)cc1. The number of carbonyl (C=O) groups excluding carboxylic acids is 1. The molecule has 5 heteroatoms. The first-order valence-corrected chi connectivity index (χ1v) is 5.87. The van der Waals surface area contributed by atoms with E-state index in [4.69, 9.17) is 0 Å². The lowest BCUT2D eigenvalue weighted by atomic mass is 10.2. The summed E-state index contributed by atoms with van der Waals surface area (Å²) in [7, 11) is 0. The standard InChI is InChI=1S/C13H8BrF2NO/c14-11-7-10(16)5-6-12(11)17-13(18)8-1-3-9(15)4-2-8/h1-7H,(H,17,18). The molecule has 0 saturated carbocycles. The van der Waals surface area contributed by atoms with Crippen molar-refractivity contribution in [3.8, 4) is 0 Å². The first kappa shape index (κ1) is 12.7. The fourth-order valence-electron chi connectivity index (χ4n) is 1.39. The Hall–Kier alpha value is -1.75. The average Bonchev–Trinajstić information content (AvgIpc) is 2.33. The van der Waals surface area contributed by atoms with Gasteiger partial charge in [0.2, 0.25) is 0 Å². The highest BCUT2D eigenvalue weighted by Crippen LogP contribution is 2.23. The molecular formula is C13H8BrF2NO. The molecule has 0 spiro atoms. The number of nitrogens with one attached hydrogen (secondary N) is 1. The van der Waals surface area contributed by atoms with E-state index in [1.165, 1.54) is 42.5 Å². The zero-order valence-corrected chi connectivity index (χ0v) is 10.7. The molecule has 0 unspecified atom stereocenters. The number of benzene rings is 2. The van der Waals surface area contributed by atoms with Crippen LogP contribution in [0.1, 0.15) is 10.4 Å². The number of anilines is 1. The Kier molecular flexibility index (Phi) is 3.72. The van der Waals surface area contributed by atoms with E-state index >= 15 is 0 Å². The second-order valence-corrected chi connectivity index (χ2v) is 4.44. The van der Waals surface area contributed by atoms with Gasteiger partial charge in [-0.2, -0.15) is 0 Å². The summed E-state index contributed by atoms with van der Waals surface area (Å²) in [6, 6.07) is 9.10. The molecule has 0 aromatic heterocycles. The maximum Gasteiger partial charge on any atom is 0.255 e. The topological polar surface area (TPSA) is 29.1 Å². The minimum absolute atomic E-state index is 0.327. The maximum absolute atomic E-state index is 12.9. The Morgan fingerprint density at radius 2 is 1.61 bits per heavy atom. The van der Waals surface area contributed by atoms with E-state index < -0.39 is 11.6 Å². The second kappa shape index (κ2) is 5.27. The van der Waals surface area contributed by atoms with E-state index in [9.17, 15) is 13.6 Å². The predicted octanol–water partition coefficient (Wildman–Crippen LogP) is 3.98. The van der Waals surface area contributed by atoms with Gasteiger partial charge in [0.25, 0.3) is 5.91 Å². The zero-order chi connectivity index (χ0) is 13.1. The summed E-state index contributed by atoms with van der Waals surface area (Å²) in [5.41, 5.74) is 0.776. The minimum Gasteiger partial charge on any atom is -0.321 e. The van der Waals surface area contributed by atoms with E-state index in [0.717, 1.165) is 0 Å². The molecule has 2 nitrogen and oxygen atoms in total. The number of rotatable bonds is 2. The van der Waals surface area contributed by atoms with Crippen LogP contribution in [-0.2, 0) is 0 Å². The quantitative estimate of drug-likeness (QED) is 0.893. The van der Waals surface area contributed by atoms with Gasteiger partial charge in [0.05, 0.1) is 5.69 Å². The molecule has 1 N–H and O–H groups in total. The molecule has 0 saturated heterocycles. The molecule has 2 aromatic carbocycles. The Morgan fingerprint density at radius 1 is 1.00 bits per heavy atom. The Bertz CT molecular complexity index is 584. The van der Waals surface area contributed by atoms with Crippen molar-refractivity contribution in [2.45, 2.75) is 0 Å². The number of hydrogen-bond donors (Lipinski definition) is 1. The Balaban J connectivity index is 2.18. The number of carbonyl (C=O) groups is 1. The molecule has 92 valence electrons. The van der Waals surface area contributed by atoms with Crippen LogP contribution < -0.4 is 5.32 Å². The average molecular weight is 312 g/mol. The molecule has 0 radical (unpaired) electrons. The first-order valence-electron chi connectivity index (χ1n) is 5.08. The number of halogens is 3. The minimum atomic E-state index is -0.408. The van der Waals surface area contributed by atoms with E-state index in [0.29, 0.717) is 15.7 Å². The predicted molar refractivity (Wildman–Crippen MR) is 68.5 cm³/mol. The third-order valence-electron chi connectivity index (χ3n) is 2.29. The van der Waals surface area contributed by atoms with Gasteiger partial charge in [-0.05, 0) is 58.4 Å². The van der Waals surface area contributed by atoms with Crippen molar-refractivity contribution < 1.29 is 13.6 Å². The van der Waals surface area contributed by atoms with Gasteiger partial charge in [0, 0.05) is 10.0 Å². The van der Waals surface area contributed by atoms with Crippen LogP contribution >= 0.6 is 15.9 Å². The summed E-state index contributed by atoms with van der Waals surface area (Å²) in [5, 5.41) is 2.60. The van der Waals surface area contributed by atoms with Crippen molar-refractivity contribution in [1.29, 1.82) is 0 Å². The molecule has 0 atom stereocenters. The molecule has 1 amide bonds. The lowest BCUT2D eigenvalue weighted by Gasteiger charge is -2.07. The number of amides is 1. The van der Waals surface area contributed by atoms with Crippen molar-refractivity contribution in [2.75, 3.05) is 5.32 Å². The third kappa shape index (κ3) is 2.92. The van der Waals surface area contributed by atoms with E-state index in [-0.39, 0.29) is 5.91 Å². The summed E-state index contributed by atoms with van der Waals surface area (Å²) < 4.78 is 26.0. The van der Waals surface area contributed by atoms with Gasteiger partial charge >= 0.3 is 0 Å². The van der Waals surface area contributed by atoms with Crippen molar-refractivity contribution in [3.05, 3.63) is 64.1 Å². The molecule has 0 aliphatic rings. The molecule has 0 bridgehead atoms. The van der Waals surface area contributed by atoms with Crippen molar-refractivity contribution in [2.24, 2.45) is 0 Å². The summed E-state index contributed by atoms with van der Waals surface area (Å²) in [6.45, 7) is 0. The fourth-order valence-corrected chi connectivity index (χ4v) is 1.84. The Morgan fingerprint density at radius 3 is 2.22 bits per heavy atom. The van der Waals surface area contributed by atoms with Crippen LogP contribution in [0.25, 0.3) is 0 Å². The summed E-state index contributed by atoms with van der Waals surface area (Å²) in [4.78, 5) is 11.8. The van der Waals surface area contributed by atoms with E-state index in [2.05, 4.69) is 21.2 Å². The largest absolute Gasteiger partial charge is 0.321 e. The molecule has 0 aliphatic carbocycles. The van der Waals surface area contributed by atoms with Gasteiger partial charge in [-0.15, -0.1) is 0 Å². The van der Waals surface area contributed by atoms with Gasteiger partial charge in [0.1, 0.15) is 11.6 Å². The molecule has 2 aromatic rings. The van der Waals surface area contributed by atoms with Crippen molar-refractivity contribution >= 4 is 27.5 Å². The molecule has 18 heavy (non-hydrogen) atoms. The highest BCUT2D eigenvalue weighted by molar-refractivity contribution is 9.10. The van der Waals surface area contributed by atoms with Crippen LogP contribution in [0.15, 0.2) is 46.9 Å². The maximum atomic E-state index is 12.9. The zero-order valence-electron chi connectivity index (χ0n) is 9.08. The lowest BCUT2D eigenvalue weighted by molar-refractivity contribution is 0.102. The van der Waals surface area contributed by atoms with Gasteiger partial charge in [0.15, 0.2) is 0 Å². The summed E-state index contributed by atoms with van der Waals surface area (Å²) >= 11 is 3.15. The highest BCUT2D eigenvalue weighted by atomic mass is 79.9. The first-order chi connectivity index (χ1) is 8.56. The number of hydrogen-bond acceptors (Lipinski definition) is 1. The molecule has 0 fully saturated rings. The van der Waals surface area contributed by atoms with Gasteiger partial charge in [-0.1, -0.05) is 0 Å². The summed E-state index contributed by atoms with van der Waals surface area (Å²) in [5.74, 6) is -1.20. The van der Waals surface area contributed by atoms with Crippen molar-refractivity contribution in [1.82, 2.24) is 0 Å². The highest BCUT2D eigenvalue weighted by Gasteiger charge is 2.08. The van der Waals surface area contributed by atoms with Crippen LogP contribution in [0.2, 0.25) is 0 Å². The lowest BCUT2D eigenvalue weighted by Crippen LogP contribution is -2.12. The van der Waals surface area contributed by atoms with E-state index in [1.54, 1.807) is 0 Å². The van der Waals surface area contributed by atoms with Crippen LogP contribution in [-0.4, -0.2) is 5.91 Å². The smallest absolute Gasteiger partial charge is 0.255 e. The van der Waals surface area contributed by atoms with Gasteiger partial charge in [-0.25, -0.2) is 8.78 Å². The molecule has 2 rings (SSSR count). The normalized spacial score (nSPS) is 10.2. The molecular weight excluding hydrogens is 304 g/mol. The van der Waals surface area contributed by atoms with Gasteiger partial charge < -0.3 is 5.32 Å². The Labute approximate surface area is 111 Å². The van der Waals surface area contributed by atoms with Crippen LogP contribution in [0, 0.1) is 11.6 Å². The van der Waals surface area contributed by atoms with Crippen molar-refractivity contribution in [3.63, 3.8) is 0 Å². The monoisotopic (exact) mass is 311 g/mol.